The number of primary amides is 1. The second-order valence-electron chi connectivity index (χ2n) is 6.46. The SMILES string of the molecule is NC(=O)C(Cc1ccccc1)NC(=O)C1CCN(c2ncccn2)CC1. The topological polar surface area (TPSA) is 101 Å². The molecule has 0 spiro atoms. The third-order valence-electron chi connectivity index (χ3n) is 4.64. The minimum atomic E-state index is -0.694. The number of carbonyl (C=O) groups excluding carboxylic acids is 2. The van der Waals surface area contributed by atoms with Gasteiger partial charge in [-0.3, -0.25) is 9.59 Å². The van der Waals surface area contributed by atoms with Crippen LogP contribution in [-0.4, -0.2) is 40.9 Å². The lowest BCUT2D eigenvalue weighted by Gasteiger charge is -2.31. The van der Waals surface area contributed by atoms with E-state index in [-0.39, 0.29) is 11.8 Å². The zero-order valence-electron chi connectivity index (χ0n) is 14.5. The highest BCUT2D eigenvalue weighted by Gasteiger charge is 2.28. The summed E-state index contributed by atoms with van der Waals surface area (Å²) in [5.41, 5.74) is 6.45. The summed E-state index contributed by atoms with van der Waals surface area (Å²) in [5.74, 6) is -0.0753. The van der Waals surface area contributed by atoms with Crippen molar-refractivity contribution in [2.75, 3.05) is 18.0 Å². The molecule has 0 radical (unpaired) electrons. The first-order valence-electron chi connectivity index (χ1n) is 8.79. The number of nitrogens with one attached hydrogen (secondary N) is 1. The quantitative estimate of drug-likeness (QED) is 0.804. The summed E-state index contributed by atoms with van der Waals surface area (Å²) in [7, 11) is 0. The smallest absolute Gasteiger partial charge is 0.240 e. The Kier molecular flexibility index (Phi) is 5.78. The molecule has 7 heteroatoms. The van der Waals surface area contributed by atoms with Crippen molar-refractivity contribution in [1.82, 2.24) is 15.3 Å². The molecule has 7 nitrogen and oxygen atoms in total. The van der Waals surface area contributed by atoms with Gasteiger partial charge >= 0.3 is 0 Å². The number of hydrogen-bond acceptors (Lipinski definition) is 5. The molecule has 2 heterocycles. The van der Waals surface area contributed by atoms with Gasteiger partial charge in [0.25, 0.3) is 0 Å². The number of carbonyl (C=O) groups is 2. The van der Waals surface area contributed by atoms with Crippen molar-refractivity contribution in [3.8, 4) is 0 Å². The molecule has 2 amide bonds. The fourth-order valence-corrected chi connectivity index (χ4v) is 3.16. The molecule has 26 heavy (non-hydrogen) atoms. The Morgan fingerprint density at radius 3 is 2.38 bits per heavy atom. The highest BCUT2D eigenvalue weighted by atomic mass is 16.2. The number of nitrogens with zero attached hydrogens (tertiary/aromatic N) is 3. The van der Waals surface area contributed by atoms with Crippen molar-refractivity contribution in [3.63, 3.8) is 0 Å². The molecule has 1 atom stereocenters. The van der Waals surface area contributed by atoms with E-state index in [1.165, 1.54) is 0 Å². The van der Waals surface area contributed by atoms with Crippen LogP contribution in [0, 0.1) is 5.92 Å². The van der Waals surface area contributed by atoms with Crippen LogP contribution in [0.15, 0.2) is 48.8 Å². The van der Waals surface area contributed by atoms with Gasteiger partial charge in [-0.15, -0.1) is 0 Å². The third kappa shape index (κ3) is 4.56. The lowest BCUT2D eigenvalue weighted by Crippen LogP contribution is -2.49. The summed E-state index contributed by atoms with van der Waals surface area (Å²) in [4.78, 5) is 34.9. The number of benzene rings is 1. The highest BCUT2D eigenvalue weighted by molar-refractivity contribution is 5.87. The summed E-state index contributed by atoms with van der Waals surface area (Å²) >= 11 is 0. The molecule has 0 aliphatic carbocycles. The molecule has 1 aliphatic heterocycles. The van der Waals surface area contributed by atoms with E-state index in [9.17, 15) is 9.59 Å². The van der Waals surface area contributed by atoms with Crippen molar-refractivity contribution < 1.29 is 9.59 Å². The molecule has 0 saturated carbocycles. The second kappa shape index (κ2) is 8.42. The van der Waals surface area contributed by atoms with Gasteiger partial charge in [-0.1, -0.05) is 30.3 Å². The predicted octanol–water partition coefficient (Wildman–Crippen LogP) is 0.906. The summed E-state index contributed by atoms with van der Waals surface area (Å²) in [6, 6.07) is 10.6. The molecular formula is C19H23N5O2. The Morgan fingerprint density at radius 2 is 1.77 bits per heavy atom. The molecule has 3 N–H and O–H groups in total. The van der Waals surface area contributed by atoms with Gasteiger partial charge in [0.1, 0.15) is 6.04 Å². The molecule has 3 rings (SSSR count). The van der Waals surface area contributed by atoms with Gasteiger partial charge in [0, 0.05) is 37.8 Å². The normalized spacial score (nSPS) is 16.1. The molecule has 1 saturated heterocycles. The molecule has 136 valence electrons. The minimum absolute atomic E-state index is 0.113. The van der Waals surface area contributed by atoms with Crippen molar-refractivity contribution in [3.05, 3.63) is 54.4 Å². The van der Waals surface area contributed by atoms with Crippen LogP contribution in [0.1, 0.15) is 18.4 Å². The summed E-state index contributed by atoms with van der Waals surface area (Å²) in [6.07, 6.45) is 5.21. The molecule has 1 aliphatic rings. The predicted molar refractivity (Wildman–Crippen MR) is 98.2 cm³/mol. The zero-order chi connectivity index (χ0) is 18.4. The number of rotatable bonds is 6. The van der Waals surface area contributed by atoms with Crippen LogP contribution in [0.2, 0.25) is 0 Å². The fraction of sp³-hybridized carbons (Fsp3) is 0.368. The van der Waals surface area contributed by atoms with Gasteiger partial charge < -0.3 is 16.0 Å². The van der Waals surface area contributed by atoms with Gasteiger partial charge in [-0.05, 0) is 24.5 Å². The maximum atomic E-state index is 12.6. The Morgan fingerprint density at radius 1 is 1.12 bits per heavy atom. The minimum Gasteiger partial charge on any atom is -0.368 e. The first-order valence-corrected chi connectivity index (χ1v) is 8.79. The Labute approximate surface area is 152 Å². The largest absolute Gasteiger partial charge is 0.368 e. The number of amides is 2. The molecule has 2 aromatic rings. The van der Waals surface area contributed by atoms with E-state index in [1.54, 1.807) is 18.5 Å². The van der Waals surface area contributed by atoms with Gasteiger partial charge in [0.15, 0.2) is 0 Å². The zero-order valence-corrected chi connectivity index (χ0v) is 14.5. The van der Waals surface area contributed by atoms with Crippen LogP contribution < -0.4 is 16.0 Å². The van der Waals surface area contributed by atoms with Crippen molar-refractivity contribution in [1.29, 1.82) is 0 Å². The number of hydrogen-bond donors (Lipinski definition) is 2. The van der Waals surface area contributed by atoms with Gasteiger partial charge in [-0.2, -0.15) is 0 Å². The van der Waals surface area contributed by atoms with E-state index in [0.717, 1.165) is 5.56 Å². The van der Waals surface area contributed by atoms with E-state index in [1.807, 2.05) is 30.3 Å². The van der Waals surface area contributed by atoms with E-state index in [4.69, 9.17) is 5.73 Å². The summed E-state index contributed by atoms with van der Waals surface area (Å²) in [6.45, 7) is 1.42. The summed E-state index contributed by atoms with van der Waals surface area (Å²) < 4.78 is 0. The van der Waals surface area contributed by atoms with Crippen LogP contribution in [0.5, 0.6) is 0 Å². The standard InChI is InChI=1S/C19H23N5O2/c20-17(25)16(13-14-5-2-1-3-6-14)23-18(26)15-7-11-24(12-8-15)19-21-9-4-10-22-19/h1-6,9-10,15-16H,7-8,11-13H2,(H2,20,25)(H,23,26). The van der Waals surface area contributed by atoms with Gasteiger partial charge in [0.2, 0.25) is 17.8 Å². The molecule has 1 aromatic carbocycles. The Bertz CT molecular complexity index is 730. The number of anilines is 1. The van der Waals surface area contributed by atoms with E-state index < -0.39 is 11.9 Å². The van der Waals surface area contributed by atoms with Crippen LogP contribution in [0.3, 0.4) is 0 Å². The van der Waals surface area contributed by atoms with Gasteiger partial charge in [-0.25, -0.2) is 9.97 Å². The fourth-order valence-electron chi connectivity index (χ4n) is 3.16. The summed E-state index contributed by atoms with van der Waals surface area (Å²) in [5, 5.41) is 2.83. The van der Waals surface area contributed by atoms with Crippen LogP contribution >= 0.6 is 0 Å². The van der Waals surface area contributed by atoms with E-state index in [2.05, 4.69) is 20.2 Å². The lowest BCUT2D eigenvalue weighted by molar-refractivity contribution is -0.130. The molecular weight excluding hydrogens is 330 g/mol. The van der Waals surface area contributed by atoms with Crippen molar-refractivity contribution in [2.45, 2.75) is 25.3 Å². The maximum Gasteiger partial charge on any atom is 0.240 e. The molecule has 1 unspecified atom stereocenters. The van der Waals surface area contributed by atoms with Crippen LogP contribution in [0.25, 0.3) is 0 Å². The average molecular weight is 353 g/mol. The third-order valence-corrected chi connectivity index (χ3v) is 4.64. The van der Waals surface area contributed by atoms with Crippen molar-refractivity contribution >= 4 is 17.8 Å². The molecule has 1 fully saturated rings. The van der Waals surface area contributed by atoms with Crippen LogP contribution in [0.4, 0.5) is 5.95 Å². The Balaban J connectivity index is 1.54. The van der Waals surface area contributed by atoms with Crippen molar-refractivity contribution in [2.24, 2.45) is 11.7 Å². The number of aromatic nitrogens is 2. The average Bonchev–Trinajstić information content (AvgIpc) is 2.69. The van der Waals surface area contributed by atoms with E-state index in [0.29, 0.717) is 38.3 Å². The molecule has 0 bridgehead atoms. The number of piperidine rings is 1. The van der Waals surface area contributed by atoms with Crippen LogP contribution in [-0.2, 0) is 16.0 Å². The van der Waals surface area contributed by atoms with Gasteiger partial charge in [0.05, 0.1) is 0 Å². The second-order valence-corrected chi connectivity index (χ2v) is 6.46. The molecule has 1 aromatic heterocycles. The highest BCUT2D eigenvalue weighted by Crippen LogP contribution is 2.20. The Hall–Kier alpha value is -2.96. The first kappa shape index (κ1) is 17.8. The van der Waals surface area contributed by atoms with E-state index >= 15 is 0 Å². The maximum absolute atomic E-state index is 12.6. The first-order chi connectivity index (χ1) is 12.6. The monoisotopic (exact) mass is 353 g/mol. The lowest BCUT2D eigenvalue weighted by atomic mass is 9.95. The number of nitrogens with two attached hydrogens (primary N) is 1.